The minimum atomic E-state index is -5.23. The van der Waals surface area contributed by atoms with Crippen LogP contribution in [0.3, 0.4) is 0 Å². The van der Waals surface area contributed by atoms with E-state index in [4.69, 9.17) is 0 Å². The van der Waals surface area contributed by atoms with Crippen LogP contribution in [-0.4, -0.2) is 37.5 Å². The molecule has 0 saturated heterocycles. The van der Waals surface area contributed by atoms with Crippen LogP contribution in [0.15, 0.2) is 24.3 Å². The van der Waals surface area contributed by atoms with Gasteiger partial charge < -0.3 is 9.47 Å². The Balaban J connectivity index is 2.80. The monoisotopic (exact) mass is 346 g/mol. The van der Waals surface area contributed by atoms with Crippen molar-refractivity contribution >= 4 is 11.9 Å². The molecular weight excluding hydrogens is 334 g/mol. The molecule has 0 aromatic carbocycles. The first-order chi connectivity index (χ1) is 10.4. The molecule has 0 amide bonds. The average molecular weight is 346 g/mol. The highest BCUT2D eigenvalue weighted by molar-refractivity contribution is 5.76. The molecule has 4 nitrogen and oxygen atoms in total. The number of allylic oxidation sites excluding steroid dienone is 3. The van der Waals surface area contributed by atoms with Gasteiger partial charge in [-0.1, -0.05) is 24.3 Å². The quantitative estimate of drug-likeness (QED) is 0.580. The molecule has 0 aromatic heterocycles. The number of carbonyl (C=O) groups is 2. The highest BCUT2D eigenvalue weighted by Gasteiger charge is 2.45. The Kier molecular flexibility index (Phi) is 5.49. The summed E-state index contributed by atoms with van der Waals surface area (Å²) in [5.41, 5.74) is -1.03. The van der Waals surface area contributed by atoms with E-state index in [-0.39, 0.29) is 12.8 Å². The van der Waals surface area contributed by atoms with Gasteiger partial charge >= 0.3 is 24.3 Å². The van der Waals surface area contributed by atoms with Gasteiger partial charge in [0.2, 0.25) is 0 Å². The van der Waals surface area contributed by atoms with E-state index < -0.39 is 42.9 Å². The molecule has 0 atom stereocenters. The largest absolute Gasteiger partial charge is 0.490 e. The number of carbonyl (C=O) groups excluding carboxylic acids is 2. The van der Waals surface area contributed by atoms with Crippen LogP contribution in [0.5, 0.6) is 0 Å². The summed E-state index contributed by atoms with van der Waals surface area (Å²) >= 11 is 0. The maximum atomic E-state index is 12.1. The van der Waals surface area contributed by atoms with Gasteiger partial charge in [0, 0.05) is 5.41 Å². The Morgan fingerprint density at radius 1 is 1.04 bits per heavy atom. The van der Waals surface area contributed by atoms with E-state index in [9.17, 15) is 35.9 Å². The van der Waals surface area contributed by atoms with Gasteiger partial charge in [-0.25, -0.2) is 9.59 Å². The molecule has 10 heteroatoms. The molecule has 0 radical (unpaired) electrons. The van der Waals surface area contributed by atoms with Crippen molar-refractivity contribution in [2.75, 3.05) is 13.2 Å². The maximum absolute atomic E-state index is 12.1. The molecule has 1 rings (SSSR count). The van der Waals surface area contributed by atoms with Gasteiger partial charge in [-0.3, -0.25) is 0 Å². The first-order valence-electron chi connectivity index (χ1n) is 6.18. The number of halogens is 6. The zero-order valence-corrected chi connectivity index (χ0v) is 11.6. The number of hydrogen-bond donors (Lipinski definition) is 0. The minimum absolute atomic E-state index is 0.0394. The third-order valence-corrected chi connectivity index (χ3v) is 2.99. The Bertz CT molecular complexity index is 488. The molecule has 0 fully saturated rings. The summed E-state index contributed by atoms with van der Waals surface area (Å²) in [6.07, 6.45) is -7.62. The summed E-state index contributed by atoms with van der Waals surface area (Å²) in [5.74, 6) is -4.95. The fourth-order valence-electron chi connectivity index (χ4n) is 1.95. The highest BCUT2D eigenvalue weighted by atomic mass is 19.4. The molecule has 0 aliphatic heterocycles. The van der Waals surface area contributed by atoms with Crippen LogP contribution in [-0.2, 0) is 19.1 Å². The van der Waals surface area contributed by atoms with Crippen molar-refractivity contribution in [3.8, 4) is 0 Å². The van der Waals surface area contributed by atoms with E-state index in [1.54, 1.807) is 0 Å². The smallest absolute Gasteiger partial charge is 0.458 e. The van der Waals surface area contributed by atoms with Gasteiger partial charge in [0.25, 0.3) is 0 Å². The Labute approximate surface area is 126 Å². The van der Waals surface area contributed by atoms with E-state index in [1.165, 1.54) is 12.2 Å². The molecule has 0 N–H and O–H groups in total. The molecule has 130 valence electrons. The molecule has 0 saturated carbocycles. The first kappa shape index (κ1) is 19.0. The van der Waals surface area contributed by atoms with Crippen molar-refractivity contribution < 1.29 is 45.4 Å². The first-order valence-corrected chi connectivity index (χ1v) is 6.18. The third-order valence-electron chi connectivity index (χ3n) is 2.99. The summed E-state index contributed by atoms with van der Waals surface area (Å²) in [4.78, 5) is 21.5. The lowest BCUT2D eigenvalue weighted by atomic mass is 9.77. The lowest BCUT2D eigenvalue weighted by molar-refractivity contribution is -0.209. The number of alkyl halides is 6. The maximum Gasteiger partial charge on any atom is 0.490 e. The predicted octanol–water partition coefficient (Wildman–Crippen LogP) is 3.09. The second-order valence-electron chi connectivity index (χ2n) is 5.09. The van der Waals surface area contributed by atoms with Crippen LogP contribution in [0.25, 0.3) is 0 Å². The van der Waals surface area contributed by atoms with Crippen molar-refractivity contribution in [3.05, 3.63) is 24.3 Å². The van der Waals surface area contributed by atoms with Gasteiger partial charge in [0.05, 0.1) is 0 Å². The van der Waals surface area contributed by atoms with Crippen molar-refractivity contribution in [3.63, 3.8) is 0 Å². The van der Waals surface area contributed by atoms with Gasteiger partial charge in [-0.05, 0) is 12.8 Å². The standard InChI is InChI=1S/C13H12F6O4/c1-8-3-2-4-11(5-8,6-22-9(20)12(14,15)16)7-23-10(21)13(17,18)19/h2-3H,1,4-7H2. The molecule has 0 unspecified atom stereocenters. The minimum Gasteiger partial charge on any atom is -0.458 e. The Morgan fingerprint density at radius 3 is 1.83 bits per heavy atom. The molecule has 0 spiro atoms. The zero-order valence-electron chi connectivity index (χ0n) is 11.6. The summed E-state index contributed by atoms with van der Waals surface area (Å²) in [5, 5.41) is 0. The normalized spacial score (nSPS) is 17.7. The van der Waals surface area contributed by atoms with Gasteiger partial charge in [-0.15, -0.1) is 0 Å². The van der Waals surface area contributed by atoms with Crippen molar-refractivity contribution in [1.82, 2.24) is 0 Å². The van der Waals surface area contributed by atoms with Crippen molar-refractivity contribution in [2.45, 2.75) is 25.2 Å². The molecule has 0 bridgehead atoms. The average Bonchev–Trinajstić information content (AvgIpc) is 2.40. The van der Waals surface area contributed by atoms with E-state index in [0.717, 1.165) is 0 Å². The number of ether oxygens (including phenoxy) is 2. The molecule has 23 heavy (non-hydrogen) atoms. The van der Waals surface area contributed by atoms with Crippen molar-refractivity contribution in [2.24, 2.45) is 5.41 Å². The predicted molar refractivity (Wildman–Crippen MR) is 64.0 cm³/mol. The van der Waals surface area contributed by atoms with E-state index >= 15 is 0 Å². The molecule has 1 aliphatic carbocycles. The SMILES string of the molecule is C=C1C=CCC(COC(=O)C(F)(F)F)(COC(=O)C(F)(F)F)C1. The lowest BCUT2D eigenvalue weighted by Gasteiger charge is -2.34. The Hall–Kier alpha value is -2.00. The Morgan fingerprint density at radius 2 is 1.48 bits per heavy atom. The molecule has 0 heterocycles. The third kappa shape index (κ3) is 5.61. The van der Waals surface area contributed by atoms with Gasteiger partial charge in [0.15, 0.2) is 0 Å². The second kappa shape index (κ2) is 6.63. The van der Waals surface area contributed by atoms with Crippen molar-refractivity contribution in [1.29, 1.82) is 0 Å². The summed E-state index contributed by atoms with van der Waals surface area (Å²) < 4.78 is 81.0. The lowest BCUT2D eigenvalue weighted by Crippen LogP contribution is -2.39. The number of rotatable bonds is 4. The van der Waals surface area contributed by atoms with Crippen LogP contribution < -0.4 is 0 Å². The summed E-state index contributed by atoms with van der Waals surface area (Å²) in [6, 6.07) is 0. The molecular formula is C13H12F6O4. The topological polar surface area (TPSA) is 52.6 Å². The van der Waals surface area contributed by atoms with Crippen LogP contribution in [0, 0.1) is 5.41 Å². The number of hydrogen-bond acceptors (Lipinski definition) is 4. The second-order valence-corrected chi connectivity index (χ2v) is 5.09. The van der Waals surface area contributed by atoms with Crippen LogP contribution in [0.1, 0.15) is 12.8 Å². The van der Waals surface area contributed by atoms with Gasteiger partial charge in [-0.2, -0.15) is 26.3 Å². The van der Waals surface area contributed by atoms with Crippen LogP contribution in [0.4, 0.5) is 26.3 Å². The van der Waals surface area contributed by atoms with E-state index in [0.29, 0.717) is 5.57 Å². The fraction of sp³-hybridized carbons (Fsp3) is 0.538. The zero-order chi connectivity index (χ0) is 17.9. The molecule has 1 aliphatic rings. The fourth-order valence-corrected chi connectivity index (χ4v) is 1.95. The summed E-state index contributed by atoms with van der Waals surface area (Å²) in [7, 11) is 0. The van der Waals surface area contributed by atoms with Gasteiger partial charge in [0.1, 0.15) is 13.2 Å². The highest BCUT2D eigenvalue weighted by Crippen LogP contribution is 2.36. The van der Waals surface area contributed by atoms with Crippen LogP contribution >= 0.6 is 0 Å². The molecule has 0 aromatic rings. The number of esters is 2. The van der Waals surface area contributed by atoms with E-state index in [2.05, 4.69) is 16.1 Å². The summed E-state index contributed by atoms with van der Waals surface area (Å²) in [6.45, 7) is 1.83. The van der Waals surface area contributed by atoms with E-state index in [1.807, 2.05) is 0 Å². The van der Waals surface area contributed by atoms with Crippen LogP contribution in [0.2, 0.25) is 0 Å².